The zero-order chi connectivity index (χ0) is 16.0. The number of hydrogen-bond donors (Lipinski definition) is 2. The van der Waals surface area contributed by atoms with Gasteiger partial charge in [-0.25, -0.2) is 4.98 Å². The van der Waals surface area contributed by atoms with Gasteiger partial charge in [0.25, 0.3) is 0 Å². The average Bonchev–Trinajstić information content (AvgIpc) is 2.48. The maximum absolute atomic E-state index is 13.2. The van der Waals surface area contributed by atoms with Crippen LogP contribution in [-0.2, 0) is 4.74 Å². The van der Waals surface area contributed by atoms with E-state index in [4.69, 9.17) is 10.5 Å². The lowest BCUT2D eigenvalue weighted by atomic mass is 10.2. The number of nitrogens with two attached hydrogens (primary N) is 1. The van der Waals surface area contributed by atoms with Crippen molar-refractivity contribution >= 4 is 35.8 Å². The van der Waals surface area contributed by atoms with Crippen LogP contribution in [0.4, 0.5) is 19.0 Å². The van der Waals surface area contributed by atoms with Crippen LogP contribution in [0.2, 0.25) is 0 Å². The third-order valence-corrected chi connectivity index (χ3v) is 3.22. The molecule has 0 saturated carbocycles. The van der Waals surface area contributed by atoms with Crippen molar-refractivity contribution < 1.29 is 17.9 Å². The molecule has 0 bridgehead atoms. The highest BCUT2D eigenvalue weighted by molar-refractivity contribution is 14.0. The number of halogens is 4. The van der Waals surface area contributed by atoms with Crippen molar-refractivity contribution in [1.82, 2.24) is 9.88 Å². The van der Waals surface area contributed by atoms with Crippen LogP contribution in [0.5, 0.6) is 0 Å². The van der Waals surface area contributed by atoms with Crippen LogP contribution in [0, 0.1) is 0 Å². The van der Waals surface area contributed by atoms with E-state index in [0.717, 1.165) is 0 Å². The summed E-state index contributed by atoms with van der Waals surface area (Å²) in [4.78, 5) is 9.09. The number of guanidine groups is 1. The van der Waals surface area contributed by atoms with E-state index in [1.165, 1.54) is 4.90 Å². The molecule has 1 aromatic rings. The number of hydrogen-bond acceptors (Lipinski definition) is 4. The van der Waals surface area contributed by atoms with Crippen LogP contribution in [-0.4, -0.2) is 60.9 Å². The van der Waals surface area contributed by atoms with Gasteiger partial charge < -0.3 is 15.8 Å². The molecule has 0 spiro atoms. The monoisotopic (exact) mass is 445 g/mol. The fourth-order valence-corrected chi connectivity index (χ4v) is 2.11. The lowest BCUT2D eigenvalue weighted by Gasteiger charge is -2.34. The number of morpholine rings is 1. The van der Waals surface area contributed by atoms with E-state index in [2.05, 4.69) is 15.3 Å². The maximum Gasteiger partial charge on any atom is 0.405 e. The minimum Gasteiger partial charge on any atom is -0.379 e. The zero-order valence-electron chi connectivity index (χ0n) is 12.3. The number of aliphatic imine (C=N–C) groups is 1. The molecule has 0 radical (unpaired) electrons. The van der Waals surface area contributed by atoms with Crippen LogP contribution in [0.25, 0.3) is 0 Å². The Hall–Kier alpha value is -1.14. The molecule has 23 heavy (non-hydrogen) atoms. The van der Waals surface area contributed by atoms with Crippen molar-refractivity contribution in [3.63, 3.8) is 0 Å². The molecule has 0 aliphatic carbocycles. The first-order valence-electron chi connectivity index (χ1n) is 6.83. The molecule has 10 heteroatoms. The summed E-state index contributed by atoms with van der Waals surface area (Å²) in [5, 5.41) is 2.66. The second-order valence-corrected chi connectivity index (χ2v) is 4.77. The SMILES string of the molecule is I.NC(=NCC(N1CCOCC1)C(F)(F)F)Nc1ccccn1. The molecule has 1 atom stereocenters. The first-order valence-corrected chi connectivity index (χ1v) is 6.83. The van der Waals surface area contributed by atoms with Crippen molar-refractivity contribution in [2.75, 3.05) is 38.2 Å². The van der Waals surface area contributed by atoms with Gasteiger partial charge in [-0.05, 0) is 12.1 Å². The fraction of sp³-hybridized carbons (Fsp3) is 0.538. The number of ether oxygens (including phenoxy) is 1. The molecule has 1 aliphatic rings. The first-order chi connectivity index (χ1) is 10.5. The van der Waals surface area contributed by atoms with Gasteiger partial charge in [0.05, 0.1) is 19.8 Å². The Morgan fingerprint density at radius 1 is 1.39 bits per heavy atom. The molecule has 6 nitrogen and oxygen atoms in total. The van der Waals surface area contributed by atoms with Crippen molar-refractivity contribution in [2.24, 2.45) is 10.7 Å². The van der Waals surface area contributed by atoms with Gasteiger partial charge in [-0.15, -0.1) is 24.0 Å². The van der Waals surface area contributed by atoms with Gasteiger partial charge in [0.1, 0.15) is 11.9 Å². The zero-order valence-corrected chi connectivity index (χ0v) is 14.6. The van der Waals surface area contributed by atoms with Gasteiger partial charge in [0.2, 0.25) is 0 Å². The van der Waals surface area contributed by atoms with E-state index in [0.29, 0.717) is 5.82 Å². The molecule has 130 valence electrons. The molecule has 1 aliphatic heterocycles. The molecule has 1 aromatic heterocycles. The van der Waals surface area contributed by atoms with Crippen LogP contribution in [0.15, 0.2) is 29.4 Å². The third-order valence-electron chi connectivity index (χ3n) is 3.22. The summed E-state index contributed by atoms with van der Waals surface area (Å²) < 4.78 is 44.5. The second-order valence-electron chi connectivity index (χ2n) is 4.77. The summed E-state index contributed by atoms with van der Waals surface area (Å²) >= 11 is 0. The molecule has 1 saturated heterocycles. The Labute approximate surface area is 149 Å². The lowest BCUT2D eigenvalue weighted by Crippen LogP contribution is -2.52. The van der Waals surface area contributed by atoms with Crippen molar-refractivity contribution in [1.29, 1.82) is 0 Å². The number of rotatable bonds is 4. The Bertz CT molecular complexity index is 494. The van der Waals surface area contributed by atoms with Crippen LogP contribution in [0.1, 0.15) is 0 Å². The van der Waals surface area contributed by atoms with Gasteiger partial charge in [0.15, 0.2) is 5.96 Å². The molecule has 0 amide bonds. The molecular weight excluding hydrogens is 426 g/mol. The van der Waals surface area contributed by atoms with E-state index >= 15 is 0 Å². The molecule has 3 N–H and O–H groups in total. The molecular formula is C13H19F3IN5O. The number of nitrogens with one attached hydrogen (secondary N) is 1. The van der Waals surface area contributed by atoms with Crippen LogP contribution >= 0.6 is 24.0 Å². The molecule has 2 heterocycles. The quantitative estimate of drug-likeness (QED) is 0.419. The van der Waals surface area contributed by atoms with Gasteiger partial charge in [-0.3, -0.25) is 9.89 Å². The molecule has 1 unspecified atom stereocenters. The fourth-order valence-electron chi connectivity index (χ4n) is 2.11. The molecule has 0 aromatic carbocycles. The van der Waals surface area contributed by atoms with Crippen molar-refractivity contribution in [3.8, 4) is 0 Å². The highest BCUT2D eigenvalue weighted by Gasteiger charge is 2.43. The van der Waals surface area contributed by atoms with Gasteiger partial charge in [0, 0.05) is 19.3 Å². The normalized spacial score (nSPS) is 18.1. The van der Waals surface area contributed by atoms with Crippen molar-refractivity contribution in [3.05, 3.63) is 24.4 Å². The van der Waals surface area contributed by atoms with Crippen molar-refractivity contribution in [2.45, 2.75) is 12.2 Å². The number of nitrogens with zero attached hydrogens (tertiary/aromatic N) is 3. The summed E-state index contributed by atoms with van der Waals surface area (Å²) in [6.07, 6.45) is -2.83. The Morgan fingerprint density at radius 2 is 2.09 bits per heavy atom. The van der Waals surface area contributed by atoms with Gasteiger partial charge in [-0.2, -0.15) is 13.2 Å². The number of alkyl halides is 3. The van der Waals surface area contributed by atoms with E-state index in [1.54, 1.807) is 24.4 Å². The van der Waals surface area contributed by atoms with Gasteiger partial charge >= 0.3 is 6.18 Å². The summed E-state index contributed by atoms with van der Waals surface area (Å²) in [7, 11) is 0. The first kappa shape index (κ1) is 19.9. The lowest BCUT2D eigenvalue weighted by molar-refractivity contribution is -0.188. The Kier molecular flexibility index (Phi) is 7.99. The number of pyridine rings is 1. The molecule has 2 rings (SSSR count). The second kappa shape index (κ2) is 9.23. The number of aromatic nitrogens is 1. The highest BCUT2D eigenvalue weighted by atomic mass is 127. The number of anilines is 1. The van der Waals surface area contributed by atoms with Crippen LogP contribution < -0.4 is 11.1 Å². The predicted octanol–water partition coefficient (Wildman–Crippen LogP) is 1.69. The summed E-state index contributed by atoms with van der Waals surface area (Å²) in [6, 6.07) is 3.43. The van der Waals surface area contributed by atoms with Crippen LogP contribution in [0.3, 0.4) is 0 Å². The Balaban J connectivity index is 0.00000264. The Morgan fingerprint density at radius 3 is 2.65 bits per heavy atom. The minimum atomic E-state index is -4.37. The molecule has 1 fully saturated rings. The van der Waals surface area contributed by atoms with Gasteiger partial charge in [-0.1, -0.05) is 6.07 Å². The highest BCUT2D eigenvalue weighted by Crippen LogP contribution is 2.25. The smallest absolute Gasteiger partial charge is 0.379 e. The van der Waals surface area contributed by atoms with E-state index in [9.17, 15) is 13.2 Å². The predicted molar refractivity (Wildman–Crippen MR) is 92.0 cm³/mol. The summed E-state index contributed by atoms with van der Waals surface area (Å²) in [6.45, 7) is 0.575. The summed E-state index contributed by atoms with van der Waals surface area (Å²) in [5.41, 5.74) is 5.62. The summed E-state index contributed by atoms with van der Waals surface area (Å²) in [5.74, 6) is 0.333. The standard InChI is InChI=1S/C13H18F3N5O.HI/c14-13(15,16)10(21-5-7-22-8-6-21)9-19-12(17)20-11-3-1-2-4-18-11;/h1-4,10H,5-9H2,(H3,17,18,19,20);1H. The largest absolute Gasteiger partial charge is 0.405 e. The van der Waals surface area contributed by atoms with E-state index in [-0.39, 0.29) is 56.2 Å². The van der Waals surface area contributed by atoms with E-state index < -0.39 is 18.8 Å². The topological polar surface area (TPSA) is 75.8 Å². The average molecular weight is 445 g/mol. The third kappa shape index (κ3) is 6.47. The minimum absolute atomic E-state index is 0. The van der Waals surface area contributed by atoms with E-state index in [1.807, 2.05) is 0 Å². The maximum atomic E-state index is 13.2.